The minimum Gasteiger partial charge on any atom is -0.379 e. The first-order valence-corrected chi connectivity index (χ1v) is 14.1. The van der Waals surface area contributed by atoms with Crippen LogP contribution in [0.3, 0.4) is 0 Å². The van der Waals surface area contributed by atoms with E-state index in [1.54, 1.807) is 20.0 Å². The molecule has 1 saturated heterocycles. The van der Waals surface area contributed by atoms with Crippen LogP contribution in [-0.2, 0) is 24.4 Å². The Hall–Kier alpha value is -3.95. The fourth-order valence-electron chi connectivity index (χ4n) is 4.66. The van der Waals surface area contributed by atoms with E-state index in [1.165, 1.54) is 23.4 Å². The van der Waals surface area contributed by atoms with Crippen molar-refractivity contribution in [2.45, 2.75) is 32.0 Å². The number of nitrogens with zero attached hydrogens (tertiary/aromatic N) is 6. The van der Waals surface area contributed by atoms with Crippen LogP contribution in [0.25, 0.3) is 11.0 Å². The molecule has 0 bridgehead atoms. The van der Waals surface area contributed by atoms with Gasteiger partial charge in [0.1, 0.15) is 21.9 Å². The summed E-state index contributed by atoms with van der Waals surface area (Å²) in [6, 6.07) is 3.05. The zero-order chi connectivity index (χ0) is 29.9. The van der Waals surface area contributed by atoms with Crippen molar-refractivity contribution >= 4 is 39.9 Å². The molecule has 2 amide bonds. The van der Waals surface area contributed by atoms with Crippen LogP contribution in [-0.4, -0.2) is 74.3 Å². The van der Waals surface area contributed by atoms with Gasteiger partial charge in [0.2, 0.25) is 0 Å². The first-order chi connectivity index (χ1) is 20.1. The summed E-state index contributed by atoms with van der Waals surface area (Å²) in [7, 11) is 1.70. The normalized spacial score (nSPS) is 15.1. The summed E-state index contributed by atoms with van der Waals surface area (Å²) in [6.07, 6.45) is 0.666. The van der Waals surface area contributed by atoms with Gasteiger partial charge in [-0.2, -0.15) is 18.3 Å². The number of amides is 2. The van der Waals surface area contributed by atoms with Crippen molar-refractivity contribution in [3.8, 4) is 0 Å². The maximum absolute atomic E-state index is 13.6. The largest absolute Gasteiger partial charge is 0.416 e. The first-order valence-electron chi connectivity index (χ1n) is 13.3. The third-order valence-electron chi connectivity index (χ3n) is 6.83. The number of morpholine rings is 1. The van der Waals surface area contributed by atoms with Crippen LogP contribution < -0.4 is 10.6 Å². The third kappa shape index (κ3) is 6.91. The van der Waals surface area contributed by atoms with Gasteiger partial charge in [0.25, 0.3) is 11.8 Å². The predicted molar refractivity (Wildman–Crippen MR) is 149 cm³/mol. The van der Waals surface area contributed by atoms with Crippen molar-refractivity contribution in [3.63, 3.8) is 0 Å². The molecular formula is C27H29F3N8O3S. The van der Waals surface area contributed by atoms with E-state index in [2.05, 4.69) is 35.6 Å². The Morgan fingerprint density at radius 1 is 1.10 bits per heavy atom. The van der Waals surface area contributed by atoms with Gasteiger partial charge in [-0.1, -0.05) is 0 Å². The van der Waals surface area contributed by atoms with Crippen LogP contribution in [0.5, 0.6) is 0 Å². The highest BCUT2D eigenvalue weighted by molar-refractivity contribution is 7.13. The zero-order valence-corrected chi connectivity index (χ0v) is 23.8. The Morgan fingerprint density at radius 2 is 1.88 bits per heavy atom. The number of nitrogens with one attached hydrogen (secondary N) is 2. The molecule has 42 heavy (non-hydrogen) atoms. The molecule has 1 atom stereocenters. The fraction of sp³-hybridized carbons (Fsp3) is 0.407. The number of aryl methyl sites for hydroxylation is 2. The van der Waals surface area contributed by atoms with Gasteiger partial charge in [-0.25, -0.2) is 15.0 Å². The van der Waals surface area contributed by atoms with Crippen molar-refractivity contribution < 1.29 is 27.5 Å². The van der Waals surface area contributed by atoms with Crippen LogP contribution >= 0.6 is 11.3 Å². The van der Waals surface area contributed by atoms with Gasteiger partial charge in [-0.05, 0) is 50.1 Å². The number of hydrogen-bond donors (Lipinski definition) is 2. The van der Waals surface area contributed by atoms with E-state index in [0.717, 1.165) is 43.1 Å². The van der Waals surface area contributed by atoms with E-state index in [1.807, 2.05) is 0 Å². The van der Waals surface area contributed by atoms with Gasteiger partial charge in [0.05, 0.1) is 42.6 Å². The van der Waals surface area contributed by atoms with Crippen LogP contribution in [0.1, 0.15) is 55.7 Å². The average Bonchev–Trinajstić information content (AvgIpc) is 3.61. The number of anilines is 1. The van der Waals surface area contributed by atoms with E-state index in [9.17, 15) is 22.8 Å². The lowest BCUT2D eigenvalue weighted by Crippen LogP contribution is -2.36. The number of rotatable bonds is 9. The van der Waals surface area contributed by atoms with Crippen molar-refractivity contribution in [1.82, 2.24) is 34.9 Å². The van der Waals surface area contributed by atoms with Crippen molar-refractivity contribution in [3.05, 3.63) is 63.6 Å². The predicted octanol–water partition coefficient (Wildman–Crippen LogP) is 3.85. The number of ether oxygens (including phenoxy) is 1. The van der Waals surface area contributed by atoms with Crippen LogP contribution in [0.4, 0.5) is 18.9 Å². The summed E-state index contributed by atoms with van der Waals surface area (Å²) in [4.78, 5) is 40.7. The van der Waals surface area contributed by atoms with Gasteiger partial charge < -0.3 is 15.4 Å². The number of thiazole rings is 1. The number of hydrogen-bond acceptors (Lipinski definition) is 9. The number of carbonyl (C=O) groups is 2. The summed E-state index contributed by atoms with van der Waals surface area (Å²) >= 11 is 1.03. The summed E-state index contributed by atoms with van der Waals surface area (Å²) in [5, 5.41) is 10.4. The Kier molecular flexibility index (Phi) is 8.80. The minimum atomic E-state index is -4.56. The fourth-order valence-corrected chi connectivity index (χ4v) is 5.47. The third-order valence-corrected chi connectivity index (χ3v) is 8.01. The molecule has 2 N–H and O–H groups in total. The molecule has 4 heterocycles. The maximum atomic E-state index is 13.6. The topological polar surface area (TPSA) is 127 Å². The number of fused-ring (bicyclic) bond motifs is 1. The molecule has 11 nitrogen and oxygen atoms in total. The van der Waals surface area contributed by atoms with Gasteiger partial charge in [0, 0.05) is 25.8 Å². The molecular weight excluding hydrogens is 573 g/mol. The number of benzene rings is 1. The molecule has 1 aliphatic heterocycles. The lowest BCUT2D eigenvalue weighted by molar-refractivity contribution is -0.137. The van der Waals surface area contributed by atoms with Crippen molar-refractivity contribution in [1.29, 1.82) is 0 Å². The lowest BCUT2D eigenvalue weighted by atomic mass is 10.0. The number of carbonyl (C=O) groups excluding carboxylic acids is 2. The second-order valence-electron chi connectivity index (χ2n) is 9.91. The summed E-state index contributed by atoms with van der Waals surface area (Å²) in [5.41, 5.74) is 0.375. The van der Waals surface area contributed by atoms with Crippen molar-refractivity contribution in [2.24, 2.45) is 7.05 Å². The highest BCUT2D eigenvalue weighted by Crippen LogP contribution is 2.33. The average molecular weight is 603 g/mol. The number of aromatic nitrogens is 5. The van der Waals surface area contributed by atoms with Gasteiger partial charge in [-0.3, -0.25) is 19.2 Å². The van der Waals surface area contributed by atoms with E-state index < -0.39 is 29.6 Å². The minimum absolute atomic E-state index is 0.0525. The molecule has 1 aliphatic rings. The van der Waals surface area contributed by atoms with Gasteiger partial charge >= 0.3 is 6.18 Å². The Morgan fingerprint density at radius 3 is 2.64 bits per heavy atom. The van der Waals surface area contributed by atoms with Gasteiger partial charge in [-0.15, -0.1) is 11.3 Å². The molecule has 4 aromatic rings. The summed E-state index contributed by atoms with van der Waals surface area (Å²) < 4.78 is 47.8. The molecule has 0 spiro atoms. The molecule has 0 radical (unpaired) electrons. The lowest BCUT2D eigenvalue weighted by Gasteiger charge is -2.26. The van der Waals surface area contributed by atoms with E-state index in [-0.39, 0.29) is 16.3 Å². The highest BCUT2D eigenvalue weighted by atomic mass is 32.1. The molecule has 3 aromatic heterocycles. The van der Waals surface area contributed by atoms with Crippen LogP contribution in [0, 0.1) is 0 Å². The van der Waals surface area contributed by atoms with Crippen LogP contribution in [0.15, 0.2) is 36.9 Å². The van der Waals surface area contributed by atoms with E-state index >= 15 is 0 Å². The van der Waals surface area contributed by atoms with Gasteiger partial charge in [0.15, 0.2) is 5.65 Å². The molecule has 0 saturated carbocycles. The Labute approximate surface area is 243 Å². The molecule has 0 aliphatic carbocycles. The van der Waals surface area contributed by atoms with E-state index in [4.69, 9.17) is 4.74 Å². The SMILES string of the molecule is CC(NC(=O)c1ncnc2c1cnn2C)c1ncc(C(=O)Nc2cc(CCCN3CCOCC3)cc(C(F)(F)F)c2)s1. The molecule has 1 unspecified atom stereocenters. The maximum Gasteiger partial charge on any atom is 0.416 e. The number of alkyl halides is 3. The summed E-state index contributed by atoms with van der Waals surface area (Å²) in [6.45, 7) is 5.37. The standard InChI is InChI=1S/C27H29F3N8O3S/c1-16(35-25(40)22-20-13-34-37(2)23(20)33-15-32-22)26-31-14-21(42-26)24(39)36-19-11-17(10-18(12-19)27(28,29)30)4-3-5-38-6-8-41-9-7-38/h10-16H,3-9H2,1-2H3,(H,35,40)(H,36,39). The van der Waals surface area contributed by atoms with E-state index in [0.29, 0.717) is 47.7 Å². The zero-order valence-electron chi connectivity index (χ0n) is 22.9. The Balaban J connectivity index is 1.24. The Bertz CT molecular complexity index is 1580. The van der Waals surface area contributed by atoms with Crippen molar-refractivity contribution in [2.75, 3.05) is 38.2 Å². The van der Waals surface area contributed by atoms with Crippen LogP contribution in [0.2, 0.25) is 0 Å². The highest BCUT2D eigenvalue weighted by Gasteiger charge is 2.31. The molecule has 15 heteroatoms. The summed E-state index contributed by atoms with van der Waals surface area (Å²) in [5.74, 6) is -1.06. The smallest absolute Gasteiger partial charge is 0.379 e. The molecule has 5 rings (SSSR count). The second-order valence-corrected chi connectivity index (χ2v) is 11.0. The molecule has 222 valence electrons. The molecule has 1 fully saturated rings. The molecule has 1 aromatic carbocycles. The second kappa shape index (κ2) is 12.5. The monoisotopic (exact) mass is 602 g/mol. The quantitative estimate of drug-likeness (QED) is 0.296. The number of halogens is 3. The first kappa shape index (κ1) is 29.5.